The first kappa shape index (κ1) is 16.5. The number of aryl methyl sites for hydroxylation is 2. The molecule has 0 saturated carbocycles. The number of nitrogens with one attached hydrogen (secondary N) is 1. The number of thiophene rings is 1. The summed E-state index contributed by atoms with van der Waals surface area (Å²) in [7, 11) is 0. The molecule has 1 aliphatic carbocycles. The van der Waals surface area contributed by atoms with Crippen LogP contribution in [0.25, 0.3) is 0 Å². The summed E-state index contributed by atoms with van der Waals surface area (Å²) in [5.74, 6) is 0.0172. The fraction of sp³-hybridized carbons (Fsp3) is 0.643. The molecule has 3 nitrogen and oxygen atoms in total. The minimum atomic E-state index is -0.335. The Labute approximate surface area is 125 Å². The van der Waals surface area contributed by atoms with Crippen LogP contribution in [0.15, 0.2) is 6.07 Å². The number of amides is 1. The van der Waals surface area contributed by atoms with Gasteiger partial charge in [0.25, 0.3) is 5.91 Å². The van der Waals surface area contributed by atoms with Crippen LogP contribution >= 0.6 is 23.7 Å². The largest absolute Gasteiger partial charge is 0.345 e. The van der Waals surface area contributed by atoms with Crippen molar-refractivity contribution in [2.24, 2.45) is 5.73 Å². The van der Waals surface area contributed by atoms with E-state index in [4.69, 9.17) is 5.73 Å². The van der Waals surface area contributed by atoms with E-state index in [1.54, 1.807) is 11.3 Å². The van der Waals surface area contributed by atoms with Crippen molar-refractivity contribution >= 4 is 29.7 Å². The van der Waals surface area contributed by atoms with Crippen LogP contribution in [0.3, 0.4) is 0 Å². The van der Waals surface area contributed by atoms with E-state index in [9.17, 15) is 4.79 Å². The molecule has 19 heavy (non-hydrogen) atoms. The number of hydrogen-bond donors (Lipinski definition) is 2. The van der Waals surface area contributed by atoms with Gasteiger partial charge in [0.1, 0.15) is 0 Å². The first-order valence-electron chi connectivity index (χ1n) is 6.66. The molecule has 1 heterocycles. The average Bonchev–Trinajstić information content (AvgIpc) is 2.61. The van der Waals surface area contributed by atoms with Crippen LogP contribution in [0.2, 0.25) is 0 Å². The fourth-order valence-electron chi connectivity index (χ4n) is 2.20. The lowest BCUT2D eigenvalue weighted by Gasteiger charge is -2.23. The molecule has 2 rings (SSSR count). The van der Waals surface area contributed by atoms with Crippen LogP contribution in [0.1, 0.15) is 53.2 Å². The summed E-state index contributed by atoms with van der Waals surface area (Å²) in [6.07, 6.45) is 6.07. The molecule has 0 fully saturated rings. The van der Waals surface area contributed by atoms with Crippen molar-refractivity contribution < 1.29 is 4.79 Å². The van der Waals surface area contributed by atoms with Crippen molar-refractivity contribution in [2.45, 2.75) is 51.5 Å². The molecule has 5 heteroatoms. The van der Waals surface area contributed by atoms with E-state index in [2.05, 4.69) is 11.4 Å². The summed E-state index contributed by atoms with van der Waals surface area (Å²) in [4.78, 5) is 14.4. The highest BCUT2D eigenvalue weighted by Gasteiger charge is 2.22. The number of carbonyl (C=O) groups excluding carboxylic acids is 1. The number of rotatable bonds is 3. The van der Waals surface area contributed by atoms with Crippen LogP contribution in [0, 0.1) is 0 Å². The Kier molecular flexibility index (Phi) is 5.83. The number of fused-ring (bicyclic) bond motifs is 1. The molecule has 1 amide bonds. The third kappa shape index (κ3) is 4.20. The smallest absolute Gasteiger partial charge is 0.261 e. The van der Waals surface area contributed by atoms with Gasteiger partial charge in [0.15, 0.2) is 0 Å². The van der Waals surface area contributed by atoms with E-state index in [0.717, 1.165) is 17.7 Å². The Morgan fingerprint density at radius 3 is 2.74 bits per heavy atom. The van der Waals surface area contributed by atoms with Crippen molar-refractivity contribution in [3.8, 4) is 0 Å². The lowest BCUT2D eigenvalue weighted by molar-refractivity contribution is 0.0920. The summed E-state index contributed by atoms with van der Waals surface area (Å²) in [6, 6.07) is 2.08. The molecule has 0 radical (unpaired) electrons. The van der Waals surface area contributed by atoms with Gasteiger partial charge in [-0.05, 0) is 51.2 Å². The van der Waals surface area contributed by atoms with Gasteiger partial charge in [-0.2, -0.15) is 0 Å². The quantitative estimate of drug-likeness (QED) is 0.844. The standard InChI is InChI=1S/C14H22N2OS.ClH/c1-14(2,9-15)16-13(17)12-8-10-6-4-3-5-7-11(10)18-12;/h8H,3-7,9,15H2,1-2H3,(H,16,17);1H. The number of hydrogen-bond acceptors (Lipinski definition) is 3. The second-order valence-electron chi connectivity index (χ2n) is 5.66. The van der Waals surface area contributed by atoms with Crippen LogP contribution in [-0.2, 0) is 12.8 Å². The Bertz CT molecular complexity index is 419. The van der Waals surface area contributed by atoms with Crippen molar-refractivity contribution in [1.29, 1.82) is 0 Å². The lowest BCUT2D eigenvalue weighted by Crippen LogP contribution is -2.48. The second-order valence-corrected chi connectivity index (χ2v) is 6.80. The van der Waals surface area contributed by atoms with Gasteiger partial charge in [0, 0.05) is 17.0 Å². The maximum absolute atomic E-state index is 12.2. The topological polar surface area (TPSA) is 55.1 Å². The Morgan fingerprint density at radius 1 is 1.37 bits per heavy atom. The SMILES string of the molecule is CC(C)(CN)NC(=O)c1cc2c(s1)CCCCC2.Cl. The normalized spacial score (nSPS) is 15.1. The third-order valence-electron chi connectivity index (χ3n) is 3.43. The van der Waals surface area contributed by atoms with E-state index in [-0.39, 0.29) is 23.9 Å². The molecule has 1 aromatic rings. The average molecular weight is 303 g/mol. The van der Waals surface area contributed by atoms with E-state index in [1.807, 2.05) is 13.8 Å². The molecule has 0 aromatic carbocycles. The van der Waals surface area contributed by atoms with Gasteiger partial charge in [-0.3, -0.25) is 4.79 Å². The fourth-order valence-corrected chi connectivity index (χ4v) is 3.35. The zero-order valence-corrected chi connectivity index (χ0v) is 13.3. The first-order chi connectivity index (χ1) is 8.52. The van der Waals surface area contributed by atoms with Crippen molar-refractivity contribution in [3.05, 3.63) is 21.4 Å². The molecular weight excluding hydrogens is 280 g/mol. The van der Waals surface area contributed by atoms with Crippen LogP contribution in [0.4, 0.5) is 0 Å². The summed E-state index contributed by atoms with van der Waals surface area (Å²) in [6.45, 7) is 4.34. The molecule has 108 valence electrons. The van der Waals surface area contributed by atoms with Gasteiger partial charge in [-0.25, -0.2) is 0 Å². The van der Waals surface area contributed by atoms with Crippen LogP contribution < -0.4 is 11.1 Å². The molecule has 0 atom stereocenters. The van der Waals surface area contributed by atoms with Crippen molar-refractivity contribution in [2.75, 3.05) is 6.54 Å². The molecule has 0 unspecified atom stereocenters. The molecule has 1 aromatic heterocycles. The molecular formula is C14H23ClN2OS. The molecule has 0 aliphatic heterocycles. The predicted octanol–water partition coefficient (Wildman–Crippen LogP) is 2.91. The summed E-state index contributed by atoms with van der Waals surface area (Å²) >= 11 is 1.66. The van der Waals surface area contributed by atoms with Gasteiger partial charge in [-0.1, -0.05) is 6.42 Å². The van der Waals surface area contributed by atoms with E-state index in [0.29, 0.717) is 6.54 Å². The zero-order chi connectivity index (χ0) is 13.2. The number of halogens is 1. The van der Waals surface area contributed by atoms with Crippen molar-refractivity contribution in [1.82, 2.24) is 5.32 Å². The highest BCUT2D eigenvalue weighted by molar-refractivity contribution is 7.14. The molecule has 0 bridgehead atoms. The highest BCUT2D eigenvalue weighted by atomic mass is 35.5. The lowest BCUT2D eigenvalue weighted by atomic mass is 10.1. The highest BCUT2D eigenvalue weighted by Crippen LogP contribution is 2.29. The van der Waals surface area contributed by atoms with E-state index >= 15 is 0 Å². The van der Waals surface area contributed by atoms with Gasteiger partial charge in [0.05, 0.1) is 4.88 Å². The zero-order valence-electron chi connectivity index (χ0n) is 11.6. The molecule has 1 aliphatic rings. The Morgan fingerprint density at radius 2 is 2.05 bits per heavy atom. The first-order valence-corrected chi connectivity index (χ1v) is 7.48. The van der Waals surface area contributed by atoms with Gasteiger partial charge >= 0.3 is 0 Å². The predicted molar refractivity (Wildman–Crippen MR) is 83.4 cm³/mol. The Balaban J connectivity index is 0.00000180. The minimum absolute atomic E-state index is 0. The number of carbonyl (C=O) groups is 1. The minimum Gasteiger partial charge on any atom is -0.345 e. The summed E-state index contributed by atoms with van der Waals surface area (Å²) in [5, 5.41) is 2.99. The van der Waals surface area contributed by atoms with Crippen molar-refractivity contribution in [3.63, 3.8) is 0 Å². The monoisotopic (exact) mass is 302 g/mol. The second kappa shape index (κ2) is 6.73. The maximum atomic E-state index is 12.2. The molecule has 0 spiro atoms. The van der Waals surface area contributed by atoms with Gasteiger partial charge in [0.2, 0.25) is 0 Å². The van der Waals surface area contributed by atoms with E-state index < -0.39 is 0 Å². The number of nitrogens with two attached hydrogens (primary N) is 1. The summed E-state index contributed by atoms with van der Waals surface area (Å²) in [5.41, 5.74) is 6.69. The van der Waals surface area contributed by atoms with Crippen LogP contribution in [0.5, 0.6) is 0 Å². The Hall–Kier alpha value is -0.580. The molecule has 0 saturated heterocycles. The molecule has 3 N–H and O–H groups in total. The van der Waals surface area contributed by atoms with E-state index in [1.165, 1.54) is 29.7 Å². The van der Waals surface area contributed by atoms with Crippen LogP contribution in [-0.4, -0.2) is 18.0 Å². The summed E-state index contributed by atoms with van der Waals surface area (Å²) < 4.78 is 0. The third-order valence-corrected chi connectivity index (χ3v) is 4.67. The maximum Gasteiger partial charge on any atom is 0.261 e. The van der Waals surface area contributed by atoms with Gasteiger partial charge < -0.3 is 11.1 Å². The van der Waals surface area contributed by atoms with Gasteiger partial charge in [-0.15, -0.1) is 23.7 Å².